The highest BCUT2D eigenvalue weighted by atomic mass is 79.9. The second-order valence-corrected chi connectivity index (χ2v) is 6.52. The van der Waals surface area contributed by atoms with Gasteiger partial charge in [0, 0.05) is 11.0 Å². The molecule has 1 heterocycles. The lowest BCUT2D eigenvalue weighted by Crippen LogP contribution is -2.07. The third-order valence-electron chi connectivity index (χ3n) is 3.86. The summed E-state index contributed by atoms with van der Waals surface area (Å²) in [6.07, 6.45) is 1.28. The Morgan fingerprint density at radius 1 is 1.53 bits per heavy atom. The second kappa shape index (κ2) is 3.48. The van der Waals surface area contributed by atoms with Crippen molar-refractivity contribution in [2.45, 2.75) is 26.8 Å². The van der Waals surface area contributed by atoms with Gasteiger partial charge in [0.1, 0.15) is 0 Å². The molecule has 1 atom stereocenters. The third kappa shape index (κ3) is 1.84. The highest BCUT2D eigenvalue weighted by Gasteiger charge is 2.45. The number of rotatable bonds is 2. The Bertz CT molecular complexity index is 586. The molecule has 0 saturated heterocycles. The molecular formula is C13H16BrN3. The Labute approximate surface area is 109 Å². The van der Waals surface area contributed by atoms with Gasteiger partial charge in [0.15, 0.2) is 0 Å². The van der Waals surface area contributed by atoms with E-state index in [4.69, 9.17) is 5.73 Å². The van der Waals surface area contributed by atoms with Crippen molar-refractivity contribution in [2.75, 3.05) is 5.73 Å². The van der Waals surface area contributed by atoms with E-state index in [9.17, 15) is 0 Å². The number of benzene rings is 1. The van der Waals surface area contributed by atoms with Crippen molar-refractivity contribution >= 4 is 32.9 Å². The molecule has 3 nitrogen and oxygen atoms in total. The maximum Gasteiger partial charge on any atom is 0.201 e. The van der Waals surface area contributed by atoms with Crippen molar-refractivity contribution in [1.82, 2.24) is 9.55 Å². The van der Waals surface area contributed by atoms with Crippen molar-refractivity contribution in [2.24, 2.45) is 11.3 Å². The van der Waals surface area contributed by atoms with E-state index in [1.165, 1.54) is 6.42 Å². The number of aromatic nitrogens is 2. The lowest BCUT2D eigenvalue weighted by Gasteiger charge is -2.07. The number of nitrogen functional groups attached to an aromatic ring is 1. The molecule has 0 amide bonds. The molecule has 0 bridgehead atoms. The predicted octanol–water partition coefficient (Wildman–Crippen LogP) is 3.43. The van der Waals surface area contributed by atoms with Gasteiger partial charge in [0.25, 0.3) is 0 Å². The molecule has 1 aromatic heterocycles. The fourth-order valence-electron chi connectivity index (χ4n) is 2.42. The summed E-state index contributed by atoms with van der Waals surface area (Å²) in [5, 5.41) is 0. The van der Waals surface area contributed by atoms with Gasteiger partial charge in [-0.05, 0) is 36.0 Å². The number of hydrogen-bond acceptors (Lipinski definition) is 2. The van der Waals surface area contributed by atoms with Crippen LogP contribution in [0.3, 0.4) is 0 Å². The van der Waals surface area contributed by atoms with Crippen LogP contribution in [0.4, 0.5) is 5.95 Å². The van der Waals surface area contributed by atoms with Crippen molar-refractivity contribution < 1.29 is 0 Å². The molecule has 0 aliphatic heterocycles. The fraction of sp³-hybridized carbons (Fsp3) is 0.462. The number of nitrogens with zero attached hydrogens (tertiary/aromatic N) is 2. The van der Waals surface area contributed by atoms with Crippen LogP contribution in [0, 0.1) is 11.3 Å². The SMILES string of the molecule is CC1(C)CC1Cn1c(N)nc2cc(Br)ccc21. The summed E-state index contributed by atoms with van der Waals surface area (Å²) in [7, 11) is 0. The van der Waals surface area contributed by atoms with Gasteiger partial charge in [-0.25, -0.2) is 4.98 Å². The zero-order valence-electron chi connectivity index (χ0n) is 10.1. The minimum absolute atomic E-state index is 0.471. The molecule has 90 valence electrons. The molecule has 1 saturated carbocycles. The van der Waals surface area contributed by atoms with Gasteiger partial charge in [0.05, 0.1) is 11.0 Å². The number of anilines is 1. The van der Waals surface area contributed by atoms with E-state index in [1.807, 2.05) is 12.1 Å². The van der Waals surface area contributed by atoms with Crippen LogP contribution < -0.4 is 5.73 Å². The molecule has 4 heteroatoms. The smallest absolute Gasteiger partial charge is 0.201 e. The van der Waals surface area contributed by atoms with Crippen molar-refractivity contribution in [3.05, 3.63) is 22.7 Å². The lowest BCUT2D eigenvalue weighted by molar-refractivity contribution is 0.507. The van der Waals surface area contributed by atoms with Gasteiger partial charge in [-0.2, -0.15) is 0 Å². The van der Waals surface area contributed by atoms with E-state index in [0.29, 0.717) is 11.4 Å². The molecule has 1 aliphatic carbocycles. The lowest BCUT2D eigenvalue weighted by atomic mass is 10.1. The Morgan fingerprint density at radius 3 is 2.88 bits per heavy atom. The van der Waals surface area contributed by atoms with Gasteiger partial charge in [0.2, 0.25) is 5.95 Å². The van der Waals surface area contributed by atoms with Crippen LogP contribution in [0.2, 0.25) is 0 Å². The molecule has 3 rings (SSSR count). The third-order valence-corrected chi connectivity index (χ3v) is 4.35. The van der Waals surface area contributed by atoms with Crippen LogP contribution in [0.1, 0.15) is 20.3 Å². The minimum Gasteiger partial charge on any atom is -0.369 e. The van der Waals surface area contributed by atoms with Crippen molar-refractivity contribution in [1.29, 1.82) is 0 Å². The summed E-state index contributed by atoms with van der Waals surface area (Å²) in [5.74, 6) is 1.35. The van der Waals surface area contributed by atoms with Gasteiger partial charge in [-0.1, -0.05) is 29.8 Å². The first-order chi connectivity index (χ1) is 7.97. The second-order valence-electron chi connectivity index (χ2n) is 5.60. The first-order valence-corrected chi connectivity index (χ1v) is 6.68. The van der Waals surface area contributed by atoms with E-state index in [1.54, 1.807) is 0 Å². The number of halogens is 1. The van der Waals surface area contributed by atoms with E-state index in [0.717, 1.165) is 28.0 Å². The molecule has 1 aromatic carbocycles. The highest BCUT2D eigenvalue weighted by molar-refractivity contribution is 9.10. The maximum atomic E-state index is 6.00. The van der Waals surface area contributed by atoms with Gasteiger partial charge in [-0.15, -0.1) is 0 Å². The first kappa shape index (κ1) is 11.1. The van der Waals surface area contributed by atoms with Crippen LogP contribution in [0.25, 0.3) is 11.0 Å². The summed E-state index contributed by atoms with van der Waals surface area (Å²) in [6, 6.07) is 6.14. The number of nitrogens with two attached hydrogens (primary N) is 1. The monoisotopic (exact) mass is 293 g/mol. The average Bonchev–Trinajstić information content (AvgIpc) is 2.71. The topological polar surface area (TPSA) is 43.8 Å². The fourth-order valence-corrected chi connectivity index (χ4v) is 2.77. The summed E-state index contributed by atoms with van der Waals surface area (Å²) in [5.41, 5.74) is 8.58. The molecule has 1 unspecified atom stereocenters. The van der Waals surface area contributed by atoms with Crippen molar-refractivity contribution in [3.8, 4) is 0 Å². The Kier molecular flexibility index (Phi) is 2.27. The zero-order valence-corrected chi connectivity index (χ0v) is 11.7. The Balaban J connectivity index is 2.01. The van der Waals surface area contributed by atoms with E-state index < -0.39 is 0 Å². The van der Waals surface area contributed by atoms with Crippen LogP contribution in [-0.4, -0.2) is 9.55 Å². The standard InChI is InChI=1S/C13H16BrN3/c1-13(2)6-8(13)7-17-11-4-3-9(14)5-10(11)16-12(17)15/h3-5,8H,6-7H2,1-2H3,(H2,15,16). The molecule has 0 radical (unpaired) electrons. The van der Waals surface area contributed by atoms with Crippen LogP contribution in [-0.2, 0) is 6.54 Å². The number of hydrogen-bond donors (Lipinski definition) is 1. The molecule has 2 N–H and O–H groups in total. The van der Waals surface area contributed by atoms with E-state index in [-0.39, 0.29) is 0 Å². The normalized spacial score (nSPS) is 21.9. The summed E-state index contributed by atoms with van der Waals surface area (Å²) in [4.78, 5) is 4.41. The number of imidazole rings is 1. The highest BCUT2D eigenvalue weighted by Crippen LogP contribution is 2.52. The van der Waals surface area contributed by atoms with E-state index in [2.05, 4.69) is 45.4 Å². The quantitative estimate of drug-likeness (QED) is 0.922. The molecular weight excluding hydrogens is 278 g/mol. The predicted molar refractivity (Wildman–Crippen MR) is 73.7 cm³/mol. The van der Waals surface area contributed by atoms with Crippen LogP contribution >= 0.6 is 15.9 Å². The molecule has 17 heavy (non-hydrogen) atoms. The zero-order chi connectivity index (χ0) is 12.2. The van der Waals surface area contributed by atoms with Crippen LogP contribution in [0.5, 0.6) is 0 Å². The largest absolute Gasteiger partial charge is 0.369 e. The Morgan fingerprint density at radius 2 is 2.24 bits per heavy atom. The molecule has 1 fully saturated rings. The van der Waals surface area contributed by atoms with Gasteiger partial charge in [-0.3, -0.25) is 0 Å². The van der Waals surface area contributed by atoms with Gasteiger partial charge >= 0.3 is 0 Å². The molecule has 0 spiro atoms. The maximum absolute atomic E-state index is 6.00. The first-order valence-electron chi connectivity index (χ1n) is 5.89. The van der Waals surface area contributed by atoms with Crippen LogP contribution in [0.15, 0.2) is 22.7 Å². The summed E-state index contributed by atoms with van der Waals surface area (Å²) in [6.45, 7) is 5.60. The molecule has 2 aromatic rings. The van der Waals surface area contributed by atoms with Crippen molar-refractivity contribution in [3.63, 3.8) is 0 Å². The Hall–Kier alpha value is -1.03. The molecule has 1 aliphatic rings. The average molecular weight is 294 g/mol. The van der Waals surface area contributed by atoms with Gasteiger partial charge < -0.3 is 10.3 Å². The number of fused-ring (bicyclic) bond motifs is 1. The van der Waals surface area contributed by atoms with E-state index >= 15 is 0 Å². The summed E-state index contributed by atoms with van der Waals surface area (Å²) < 4.78 is 3.18. The minimum atomic E-state index is 0.471. The summed E-state index contributed by atoms with van der Waals surface area (Å²) >= 11 is 3.46.